The molecule has 0 radical (unpaired) electrons. The van der Waals surface area contributed by atoms with Gasteiger partial charge in [-0.3, -0.25) is 9.69 Å². The van der Waals surface area contributed by atoms with Crippen molar-refractivity contribution in [3.63, 3.8) is 0 Å². The lowest BCUT2D eigenvalue weighted by molar-refractivity contribution is -0.118. The van der Waals surface area contributed by atoms with Crippen molar-refractivity contribution < 1.29 is 9.90 Å². The van der Waals surface area contributed by atoms with E-state index >= 15 is 0 Å². The summed E-state index contributed by atoms with van der Waals surface area (Å²) in [5.41, 5.74) is 2.58. The number of hydrogen-bond donors (Lipinski definition) is 1. The highest BCUT2D eigenvalue weighted by molar-refractivity contribution is 5.95. The van der Waals surface area contributed by atoms with Gasteiger partial charge in [0, 0.05) is 38.8 Å². The molecule has 5 heteroatoms. The summed E-state index contributed by atoms with van der Waals surface area (Å²) < 4.78 is 0. The number of nitrogens with zero attached hydrogens (tertiary/aromatic N) is 3. The third-order valence-electron chi connectivity index (χ3n) is 4.34. The quantitative estimate of drug-likeness (QED) is 0.901. The van der Waals surface area contributed by atoms with E-state index in [1.807, 2.05) is 25.2 Å². The molecule has 21 heavy (non-hydrogen) atoms. The molecule has 1 N–H and O–H groups in total. The van der Waals surface area contributed by atoms with Gasteiger partial charge in [-0.15, -0.1) is 0 Å². The average Bonchev–Trinajstić information content (AvgIpc) is 2.42. The SMILES string of the molecule is CN1C(=O)CCc2cc(CN3CC(O)(CC#N)C3)ccc21. The number of carbonyl (C=O) groups is 1. The average molecular weight is 285 g/mol. The van der Waals surface area contributed by atoms with E-state index in [0.717, 1.165) is 18.7 Å². The van der Waals surface area contributed by atoms with Crippen LogP contribution in [0.2, 0.25) is 0 Å². The first-order chi connectivity index (χ1) is 10.0. The summed E-state index contributed by atoms with van der Waals surface area (Å²) in [4.78, 5) is 15.5. The molecule has 0 unspecified atom stereocenters. The van der Waals surface area contributed by atoms with Gasteiger partial charge in [0.05, 0.1) is 12.5 Å². The molecule has 1 saturated heterocycles. The van der Waals surface area contributed by atoms with E-state index in [9.17, 15) is 9.90 Å². The van der Waals surface area contributed by atoms with Crippen LogP contribution in [0.1, 0.15) is 24.0 Å². The zero-order chi connectivity index (χ0) is 15.0. The largest absolute Gasteiger partial charge is 0.386 e. The third kappa shape index (κ3) is 2.65. The number of benzene rings is 1. The highest BCUT2D eigenvalue weighted by atomic mass is 16.3. The number of nitriles is 1. The van der Waals surface area contributed by atoms with Gasteiger partial charge in [0.2, 0.25) is 5.91 Å². The van der Waals surface area contributed by atoms with Crippen LogP contribution in [0, 0.1) is 11.3 Å². The molecule has 2 aliphatic heterocycles. The van der Waals surface area contributed by atoms with E-state index in [2.05, 4.69) is 11.0 Å². The zero-order valence-corrected chi connectivity index (χ0v) is 12.2. The smallest absolute Gasteiger partial charge is 0.227 e. The van der Waals surface area contributed by atoms with E-state index < -0.39 is 5.60 Å². The molecule has 110 valence electrons. The maximum atomic E-state index is 11.7. The van der Waals surface area contributed by atoms with Gasteiger partial charge in [0.15, 0.2) is 0 Å². The first-order valence-electron chi connectivity index (χ1n) is 7.21. The van der Waals surface area contributed by atoms with Gasteiger partial charge >= 0.3 is 0 Å². The van der Waals surface area contributed by atoms with Crippen molar-refractivity contribution in [2.24, 2.45) is 0 Å². The lowest BCUT2D eigenvalue weighted by Crippen LogP contribution is -2.60. The number of amides is 1. The second-order valence-electron chi connectivity index (χ2n) is 6.12. The Balaban J connectivity index is 1.67. The van der Waals surface area contributed by atoms with Crippen LogP contribution < -0.4 is 4.90 Å². The molecule has 0 aliphatic carbocycles. The number of anilines is 1. The minimum absolute atomic E-state index is 0.166. The van der Waals surface area contributed by atoms with Crippen LogP contribution in [0.3, 0.4) is 0 Å². The van der Waals surface area contributed by atoms with Crippen LogP contribution in [0.15, 0.2) is 18.2 Å². The minimum Gasteiger partial charge on any atom is -0.386 e. The highest BCUT2D eigenvalue weighted by Gasteiger charge is 2.40. The first kappa shape index (κ1) is 14.1. The van der Waals surface area contributed by atoms with Crippen molar-refractivity contribution >= 4 is 11.6 Å². The predicted molar refractivity (Wildman–Crippen MR) is 78.6 cm³/mol. The molecule has 5 nitrogen and oxygen atoms in total. The summed E-state index contributed by atoms with van der Waals surface area (Å²) in [5, 5.41) is 18.7. The molecule has 0 spiro atoms. The maximum Gasteiger partial charge on any atom is 0.227 e. The molecule has 0 aromatic heterocycles. The number of aliphatic hydroxyl groups is 1. The van der Waals surface area contributed by atoms with Gasteiger partial charge in [-0.05, 0) is 23.6 Å². The lowest BCUT2D eigenvalue weighted by Gasteiger charge is -2.45. The van der Waals surface area contributed by atoms with E-state index in [1.54, 1.807) is 4.90 Å². The van der Waals surface area contributed by atoms with Crippen molar-refractivity contribution in [3.8, 4) is 6.07 Å². The molecule has 3 rings (SSSR count). The second-order valence-corrected chi connectivity index (χ2v) is 6.12. The summed E-state index contributed by atoms with van der Waals surface area (Å²) in [6.07, 6.45) is 1.56. The number of hydrogen-bond acceptors (Lipinski definition) is 4. The van der Waals surface area contributed by atoms with E-state index in [-0.39, 0.29) is 12.3 Å². The van der Waals surface area contributed by atoms with Gasteiger partial charge < -0.3 is 10.0 Å². The van der Waals surface area contributed by atoms with Crippen LogP contribution in [-0.2, 0) is 17.8 Å². The van der Waals surface area contributed by atoms with Crippen LogP contribution in [0.5, 0.6) is 0 Å². The Bertz CT molecular complexity index is 614. The number of aryl methyl sites for hydroxylation is 1. The number of likely N-dealkylation sites (tertiary alicyclic amines) is 1. The molecule has 1 aromatic carbocycles. The van der Waals surface area contributed by atoms with Crippen molar-refractivity contribution in [1.82, 2.24) is 4.90 Å². The van der Waals surface area contributed by atoms with Gasteiger partial charge in [-0.2, -0.15) is 5.26 Å². The van der Waals surface area contributed by atoms with E-state index in [0.29, 0.717) is 19.5 Å². The summed E-state index contributed by atoms with van der Waals surface area (Å²) >= 11 is 0. The Morgan fingerprint density at radius 3 is 2.86 bits per heavy atom. The molecular formula is C16H19N3O2. The van der Waals surface area contributed by atoms with Crippen LogP contribution in [0.4, 0.5) is 5.69 Å². The van der Waals surface area contributed by atoms with Gasteiger partial charge in [0.25, 0.3) is 0 Å². The lowest BCUT2D eigenvalue weighted by atomic mass is 9.90. The molecule has 1 amide bonds. The third-order valence-corrected chi connectivity index (χ3v) is 4.34. The molecule has 0 atom stereocenters. The Kier molecular flexibility index (Phi) is 3.44. The number of rotatable bonds is 3. The first-order valence-corrected chi connectivity index (χ1v) is 7.21. The van der Waals surface area contributed by atoms with Crippen LogP contribution in [0.25, 0.3) is 0 Å². The van der Waals surface area contributed by atoms with Crippen molar-refractivity contribution in [2.75, 3.05) is 25.0 Å². The Morgan fingerprint density at radius 2 is 2.14 bits per heavy atom. The highest BCUT2D eigenvalue weighted by Crippen LogP contribution is 2.30. The molecule has 1 fully saturated rings. The van der Waals surface area contributed by atoms with E-state index in [4.69, 9.17) is 5.26 Å². The summed E-state index contributed by atoms with van der Waals surface area (Å²) in [6.45, 7) is 1.88. The monoisotopic (exact) mass is 285 g/mol. The number of β-amino-alcohol motifs (C(OH)–C–C–N with tert-alkyl or cyclic N) is 1. The Hall–Kier alpha value is -1.90. The molecular weight excluding hydrogens is 266 g/mol. The predicted octanol–water partition coefficient (Wildman–Crippen LogP) is 1.06. The molecule has 2 aliphatic rings. The molecule has 0 saturated carbocycles. The fraction of sp³-hybridized carbons (Fsp3) is 0.500. The summed E-state index contributed by atoms with van der Waals surface area (Å²) in [5.74, 6) is 0.166. The van der Waals surface area contributed by atoms with E-state index in [1.165, 1.54) is 11.1 Å². The van der Waals surface area contributed by atoms with Crippen molar-refractivity contribution in [3.05, 3.63) is 29.3 Å². The Labute approximate surface area is 124 Å². The van der Waals surface area contributed by atoms with Crippen molar-refractivity contribution in [2.45, 2.75) is 31.4 Å². The second kappa shape index (κ2) is 5.14. The van der Waals surface area contributed by atoms with Gasteiger partial charge in [-0.25, -0.2) is 0 Å². The topological polar surface area (TPSA) is 67.6 Å². The van der Waals surface area contributed by atoms with Gasteiger partial charge in [-0.1, -0.05) is 12.1 Å². The molecule has 1 aromatic rings. The van der Waals surface area contributed by atoms with Crippen LogP contribution >= 0.6 is 0 Å². The van der Waals surface area contributed by atoms with Crippen LogP contribution in [-0.4, -0.2) is 41.7 Å². The normalized spacial score (nSPS) is 20.6. The molecule has 2 heterocycles. The van der Waals surface area contributed by atoms with Gasteiger partial charge in [0.1, 0.15) is 5.60 Å². The minimum atomic E-state index is -0.824. The Morgan fingerprint density at radius 1 is 1.38 bits per heavy atom. The standard InChI is InChI=1S/C16H19N3O2/c1-18-14-4-2-12(8-13(14)3-5-15(18)20)9-19-10-16(21,11-19)6-7-17/h2,4,8,21H,3,5-6,9-11H2,1H3. The zero-order valence-electron chi connectivity index (χ0n) is 12.2. The maximum absolute atomic E-state index is 11.7. The number of fused-ring (bicyclic) bond motifs is 1. The summed E-state index contributed by atoms with van der Waals surface area (Å²) in [7, 11) is 1.82. The molecule has 0 bridgehead atoms. The fourth-order valence-electron chi connectivity index (χ4n) is 3.22. The summed E-state index contributed by atoms with van der Waals surface area (Å²) in [6, 6.07) is 8.22. The number of carbonyl (C=O) groups excluding carboxylic acids is 1. The fourth-order valence-corrected chi connectivity index (χ4v) is 3.22. The van der Waals surface area contributed by atoms with Crippen molar-refractivity contribution in [1.29, 1.82) is 5.26 Å².